The number of carbonyl (C=O) groups excluding carboxylic acids is 1. The van der Waals surface area contributed by atoms with Gasteiger partial charge in [0.2, 0.25) is 0 Å². The lowest BCUT2D eigenvalue weighted by Gasteiger charge is -2.21. The molecular weight excluding hydrogens is 248 g/mol. The number of hydrogen-bond donors (Lipinski definition) is 1. The van der Waals surface area contributed by atoms with E-state index in [1.54, 1.807) is 6.07 Å². The number of benzene rings is 1. The van der Waals surface area contributed by atoms with E-state index in [1.807, 2.05) is 6.92 Å². The summed E-state index contributed by atoms with van der Waals surface area (Å²) in [4.78, 5) is 12.5. The normalized spacial score (nSPS) is 16.8. The molecular formula is C15H19ClO2. The quantitative estimate of drug-likeness (QED) is 0.825. The average Bonchev–Trinajstić information content (AvgIpc) is 2.38. The summed E-state index contributed by atoms with van der Waals surface area (Å²) in [6, 6.07) is 3.08. The maximum atomic E-state index is 12.5. The van der Waals surface area contributed by atoms with E-state index in [0.717, 1.165) is 31.2 Å². The van der Waals surface area contributed by atoms with Crippen molar-refractivity contribution in [2.45, 2.75) is 45.4 Å². The molecule has 2 rings (SSSR count). The number of phenolic OH excluding ortho intramolecular Hbond substituents is 1. The zero-order valence-corrected chi connectivity index (χ0v) is 11.5. The summed E-state index contributed by atoms with van der Waals surface area (Å²) in [6.45, 7) is 1.98. The predicted octanol–water partition coefficient (Wildman–Crippen LogP) is 4.37. The van der Waals surface area contributed by atoms with Gasteiger partial charge in [0.05, 0.1) is 0 Å². The number of halogens is 1. The Bertz CT molecular complexity index is 448. The van der Waals surface area contributed by atoms with Gasteiger partial charge in [-0.1, -0.05) is 37.8 Å². The largest absolute Gasteiger partial charge is 0.508 e. The summed E-state index contributed by atoms with van der Waals surface area (Å²) in [6.07, 6.45) is 6.14. The Balaban J connectivity index is 2.33. The van der Waals surface area contributed by atoms with E-state index in [2.05, 4.69) is 0 Å². The highest BCUT2D eigenvalue weighted by molar-refractivity contribution is 6.32. The molecule has 0 radical (unpaired) electrons. The van der Waals surface area contributed by atoms with E-state index < -0.39 is 0 Å². The molecule has 18 heavy (non-hydrogen) atoms. The van der Waals surface area contributed by atoms with Gasteiger partial charge in [-0.15, -0.1) is 0 Å². The second-order valence-electron chi connectivity index (χ2n) is 5.01. The van der Waals surface area contributed by atoms with Gasteiger partial charge in [-0.3, -0.25) is 4.79 Å². The van der Waals surface area contributed by atoms with Crippen LogP contribution in [0.3, 0.4) is 0 Å². The van der Waals surface area contributed by atoms with E-state index >= 15 is 0 Å². The fourth-order valence-corrected chi connectivity index (χ4v) is 3.13. The molecule has 0 amide bonds. The van der Waals surface area contributed by atoms with Gasteiger partial charge in [0.25, 0.3) is 0 Å². The Morgan fingerprint density at radius 3 is 2.61 bits per heavy atom. The van der Waals surface area contributed by atoms with Gasteiger partial charge in [-0.2, -0.15) is 0 Å². The van der Waals surface area contributed by atoms with Crippen molar-refractivity contribution in [1.29, 1.82) is 0 Å². The maximum absolute atomic E-state index is 12.5. The third-order valence-corrected chi connectivity index (χ3v) is 4.11. The van der Waals surface area contributed by atoms with Crippen molar-refractivity contribution in [3.8, 4) is 5.75 Å². The van der Waals surface area contributed by atoms with Crippen molar-refractivity contribution in [2.75, 3.05) is 0 Å². The highest BCUT2D eigenvalue weighted by Gasteiger charge is 2.25. The molecule has 1 aromatic rings. The van der Waals surface area contributed by atoms with Crippen molar-refractivity contribution in [1.82, 2.24) is 0 Å². The SMILES string of the molecule is CCc1c(Cl)cc(O)cc1C(=O)C1CCCCC1. The zero-order valence-electron chi connectivity index (χ0n) is 10.7. The number of phenols is 1. The zero-order chi connectivity index (χ0) is 13.1. The third kappa shape index (κ3) is 2.69. The predicted molar refractivity (Wildman–Crippen MR) is 73.4 cm³/mol. The van der Waals surface area contributed by atoms with Crippen LogP contribution in [0.15, 0.2) is 12.1 Å². The van der Waals surface area contributed by atoms with Crippen LogP contribution < -0.4 is 0 Å². The van der Waals surface area contributed by atoms with Gasteiger partial charge < -0.3 is 5.11 Å². The van der Waals surface area contributed by atoms with Crippen LogP contribution in [-0.4, -0.2) is 10.9 Å². The van der Waals surface area contributed by atoms with Crippen molar-refractivity contribution in [2.24, 2.45) is 5.92 Å². The molecule has 1 aromatic carbocycles. The molecule has 0 aromatic heterocycles. The van der Waals surface area contributed by atoms with Crippen molar-refractivity contribution in [3.05, 3.63) is 28.3 Å². The van der Waals surface area contributed by atoms with E-state index in [0.29, 0.717) is 17.0 Å². The Morgan fingerprint density at radius 1 is 1.33 bits per heavy atom. The van der Waals surface area contributed by atoms with Crippen molar-refractivity contribution < 1.29 is 9.90 Å². The molecule has 0 saturated heterocycles. The molecule has 0 atom stereocenters. The molecule has 1 N–H and O–H groups in total. The van der Waals surface area contributed by atoms with Gasteiger partial charge in [0.15, 0.2) is 5.78 Å². The Hall–Kier alpha value is -1.02. The lowest BCUT2D eigenvalue weighted by Crippen LogP contribution is -2.19. The van der Waals surface area contributed by atoms with Crippen LogP contribution >= 0.6 is 11.6 Å². The number of Topliss-reactive ketones (excluding diaryl/α,β-unsaturated/α-hetero) is 1. The first-order valence-corrected chi connectivity index (χ1v) is 7.07. The van der Waals surface area contributed by atoms with Gasteiger partial charge in [0, 0.05) is 16.5 Å². The van der Waals surface area contributed by atoms with Crippen LogP contribution in [0.2, 0.25) is 5.02 Å². The van der Waals surface area contributed by atoms with Crippen LogP contribution in [0, 0.1) is 5.92 Å². The Morgan fingerprint density at radius 2 is 2.00 bits per heavy atom. The molecule has 1 aliphatic carbocycles. The second-order valence-corrected chi connectivity index (χ2v) is 5.41. The minimum absolute atomic E-state index is 0.0800. The van der Waals surface area contributed by atoms with E-state index in [9.17, 15) is 9.90 Å². The van der Waals surface area contributed by atoms with Crippen molar-refractivity contribution in [3.63, 3.8) is 0 Å². The second kappa shape index (κ2) is 5.75. The van der Waals surface area contributed by atoms with Gasteiger partial charge in [-0.25, -0.2) is 0 Å². The molecule has 0 spiro atoms. The molecule has 3 heteroatoms. The number of rotatable bonds is 3. The summed E-state index contributed by atoms with van der Waals surface area (Å²) in [5.74, 6) is 0.350. The number of ketones is 1. The number of aromatic hydroxyl groups is 1. The first-order chi connectivity index (χ1) is 8.63. The summed E-state index contributed by atoms with van der Waals surface area (Å²) < 4.78 is 0. The van der Waals surface area contributed by atoms with E-state index in [1.165, 1.54) is 12.5 Å². The molecule has 0 heterocycles. The first kappa shape index (κ1) is 13.4. The number of hydrogen-bond acceptors (Lipinski definition) is 2. The maximum Gasteiger partial charge on any atom is 0.166 e. The van der Waals surface area contributed by atoms with Crippen LogP contribution in [0.25, 0.3) is 0 Å². The Kier molecular flexibility index (Phi) is 4.28. The van der Waals surface area contributed by atoms with Crippen LogP contribution in [0.1, 0.15) is 54.9 Å². The fraction of sp³-hybridized carbons (Fsp3) is 0.533. The highest BCUT2D eigenvalue weighted by Crippen LogP contribution is 2.32. The molecule has 98 valence electrons. The molecule has 0 unspecified atom stereocenters. The summed E-state index contributed by atoms with van der Waals surface area (Å²) in [5.41, 5.74) is 1.49. The van der Waals surface area contributed by atoms with E-state index in [-0.39, 0.29) is 17.5 Å². The van der Waals surface area contributed by atoms with Gasteiger partial charge in [0.1, 0.15) is 5.75 Å². The molecule has 1 aliphatic rings. The molecule has 1 fully saturated rings. The van der Waals surface area contributed by atoms with Crippen LogP contribution in [-0.2, 0) is 6.42 Å². The van der Waals surface area contributed by atoms with Gasteiger partial charge in [-0.05, 0) is 37.0 Å². The smallest absolute Gasteiger partial charge is 0.166 e. The minimum Gasteiger partial charge on any atom is -0.508 e. The fourth-order valence-electron chi connectivity index (χ4n) is 2.79. The standard InChI is InChI=1S/C15H19ClO2/c1-2-12-13(8-11(17)9-14(12)16)15(18)10-6-4-3-5-7-10/h8-10,17H,2-7H2,1H3. The molecule has 2 nitrogen and oxygen atoms in total. The summed E-state index contributed by atoms with van der Waals surface area (Å²) in [5, 5.41) is 10.1. The molecule has 0 aliphatic heterocycles. The summed E-state index contributed by atoms with van der Waals surface area (Å²) in [7, 11) is 0. The monoisotopic (exact) mass is 266 g/mol. The third-order valence-electron chi connectivity index (χ3n) is 3.78. The highest BCUT2D eigenvalue weighted by atomic mass is 35.5. The molecule has 0 bridgehead atoms. The van der Waals surface area contributed by atoms with Crippen LogP contribution in [0.4, 0.5) is 0 Å². The van der Waals surface area contributed by atoms with Crippen molar-refractivity contribution >= 4 is 17.4 Å². The lowest BCUT2D eigenvalue weighted by atomic mass is 9.82. The lowest BCUT2D eigenvalue weighted by molar-refractivity contribution is 0.0888. The Labute approximate surface area is 113 Å². The average molecular weight is 267 g/mol. The number of carbonyl (C=O) groups is 1. The minimum atomic E-state index is 0.0800. The molecule has 1 saturated carbocycles. The van der Waals surface area contributed by atoms with E-state index in [4.69, 9.17) is 11.6 Å². The summed E-state index contributed by atoms with van der Waals surface area (Å²) >= 11 is 6.11. The van der Waals surface area contributed by atoms with Crippen LogP contribution in [0.5, 0.6) is 5.75 Å². The van der Waals surface area contributed by atoms with Gasteiger partial charge >= 0.3 is 0 Å². The topological polar surface area (TPSA) is 37.3 Å². The first-order valence-electron chi connectivity index (χ1n) is 6.69.